The molecule has 4 heteroatoms. The molecule has 0 radical (unpaired) electrons. The molecule has 1 fully saturated rings. The Balaban J connectivity index is 1.40. The van der Waals surface area contributed by atoms with Gasteiger partial charge in [-0.3, -0.25) is 0 Å². The molecule has 1 aliphatic heterocycles. The van der Waals surface area contributed by atoms with Gasteiger partial charge in [0, 0.05) is 12.8 Å². The van der Waals surface area contributed by atoms with E-state index in [-0.39, 0.29) is 0 Å². The van der Waals surface area contributed by atoms with Gasteiger partial charge in [0.05, 0.1) is 0 Å². The third kappa shape index (κ3) is 3.91. The highest BCUT2D eigenvalue weighted by atomic mass is 16.5. The van der Waals surface area contributed by atoms with Crippen molar-refractivity contribution in [2.75, 3.05) is 19.6 Å². The molecule has 1 saturated heterocycles. The average Bonchev–Trinajstić information content (AvgIpc) is 2.96. The molecule has 0 amide bonds. The van der Waals surface area contributed by atoms with Gasteiger partial charge in [-0.1, -0.05) is 35.5 Å². The second-order valence-electron chi connectivity index (χ2n) is 5.88. The van der Waals surface area contributed by atoms with Gasteiger partial charge in [-0.05, 0) is 50.9 Å². The first-order chi connectivity index (χ1) is 10.3. The number of aryl methyl sites for hydroxylation is 2. The maximum Gasteiger partial charge on any atom is 0.223 e. The van der Waals surface area contributed by atoms with Crippen LogP contribution >= 0.6 is 0 Å². The van der Waals surface area contributed by atoms with Crippen LogP contribution in [0.1, 0.15) is 42.5 Å². The first-order valence-corrected chi connectivity index (χ1v) is 7.88. The molecule has 2 aromatic rings. The molecule has 2 heterocycles. The van der Waals surface area contributed by atoms with Gasteiger partial charge in [0.1, 0.15) is 0 Å². The highest BCUT2D eigenvalue weighted by Crippen LogP contribution is 2.25. The van der Waals surface area contributed by atoms with Gasteiger partial charge in [-0.15, -0.1) is 0 Å². The van der Waals surface area contributed by atoms with E-state index < -0.39 is 0 Å². The van der Waals surface area contributed by atoms with Crippen molar-refractivity contribution >= 4 is 0 Å². The van der Waals surface area contributed by atoms with E-state index in [1.54, 1.807) is 0 Å². The van der Waals surface area contributed by atoms with Gasteiger partial charge in [-0.2, -0.15) is 4.98 Å². The molecule has 1 aromatic carbocycles. The number of hydrogen-bond acceptors (Lipinski definition) is 4. The second kappa shape index (κ2) is 6.85. The first-order valence-electron chi connectivity index (χ1n) is 7.88. The van der Waals surface area contributed by atoms with Crippen molar-refractivity contribution in [2.45, 2.75) is 38.5 Å². The summed E-state index contributed by atoms with van der Waals surface area (Å²) in [6, 6.07) is 10.7. The number of rotatable bonds is 5. The molecule has 3 rings (SSSR count). The molecule has 0 atom stereocenters. The summed E-state index contributed by atoms with van der Waals surface area (Å²) in [5.74, 6) is 2.06. The lowest BCUT2D eigenvalue weighted by atomic mass is 9.96. The van der Waals surface area contributed by atoms with Crippen molar-refractivity contribution in [3.63, 3.8) is 0 Å². The Morgan fingerprint density at radius 1 is 1.19 bits per heavy atom. The van der Waals surface area contributed by atoms with Gasteiger partial charge in [0.2, 0.25) is 5.89 Å². The van der Waals surface area contributed by atoms with E-state index in [9.17, 15) is 0 Å². The fourth-order valence-electron chi connectivity index (χ4n) is 3.05. The van der Waals surface area contributed by atoms with E-state index in [2.05, 4.69) is 45.4 Å². The minimum Gasteiger partial charge on any atom is -0.340 e. The molecular formula is C17H23N3O. The first kappa shape index (κ1) is 14.3. The molecule has 0 spiro atoms. The Bertz CT molecular complexity index is 544. The Kier molecular flexibility index (Phi) is 4.65. The lowest BCUT2D eigenvalue weighted by molar-refractivity contribution is 0.205. The highest BCUT2D eigenvalue weighted by Gasteiger charge is 2.23. The predicted molar refractivity (Wildman–Crippen MR) is 82.2 cm³/mol. The van der Waals surface area contributed by atoms with E-state index in [1.165, 1.54) is 24.9 Å². The van der Waals surface area contributed by atoms with Gasteiger partial charge in [-0.25, -0.2) is 0 Å². The number of aromatic nitrogens is 2. The third-order valence-electron chi connectivity index (χ3n) is 4.28. The molecule has 0 bridgehead atoms. The van der Waals surface area contributed by atoms with Crippen LogP contribution in [0.3, 0.4) is 0 Å². The van der Waals surface area contributed by atoms with Crippen LogP contribution in [0.15, 0.2) is 34.9 Å². The number of likely N-dealkylation sites (tertiary alicyclic amines) is 1. The lowest BCUT2D eigenvalue weighted by Crippen LogP contribution is -2.34. The average molecular weight is 285 g/mol. The fourth-order valence-corrected chi connectivity index (χ4v) is 3.05. The Hall–Kier alpha value is -1.68. The highest BCUT2D eigenvalue weighted by molar-refractivity contribution is 5.14. The lowest BCUT2D eigenvalue weighted by Gasteiger charge is -2.30. The van der Waals surface area contributed by atoms with E-state index in [1.807, 2.05) is 6.92 Å². The largest absolute Gasteiger partial charge is 0.340 e. The standard InChI is InChI=1S/C17H23N3O/c1-14-18-17(19-21-14)16-9-12-20(13-10-16)11-5-8-15-6-3-2-4-7-15/h2-4,6-7,16H,5,8-13H2,1H3. The van der Waals surface area contributed by atoms with Crippen molar-refractivity contribution in [1.82, 2.24) is 15.0 Å². The topological polar surface area (TPSA) is 42.2 Å². The van der Waals surface area contributed by atoms with Crippen molar-refractivity contribution in [3.05, 3.63) is 47.6 Å². The Morgan fingerprint density at radius 2 is 1.95 bits per heavy atom. The van der Waals surface area contributed by atoms with E-state index in [0.29, 0.717) is 11.8 Å². The summed E-state index contributed by atoms with van der Waals surface area (Å²) in [6.07, 6.45) is 4.69. The van der Waals surface area contributed by atoms with Crippen LogP contribution in [0.25, 0.3) is 0 Å². The number of piperidine rings is 1. The summed E-state index contributed by atoms with van der Waals surface area (Å²) in [6.45, 7) is 5.34. The van der Waals surface area contributed by atoms with Crippen LogP contribution in [0.2, 0.25) is 0 Å². The van der Waals surface area contributed by atoms with E-state index >= 15 is 0 Å². The van der Waals surface area contributed by atoms with Crippen LogP contribution in [0, 0.1) is 6.92 Å². The predicted octanol–water partition coefficient (Wildman–Crippen LogP) is 3.19. The van der Waals surface area contributed by atoms with Crippen LogP contribution in [0.4, 0.5) is 0 Å². The molecular weight excluding hydrogens is 262 g/mol. The summed E-state index contributed by atoms with van der Waals surface area (Å²) in [5, 5.41) is 4.06. The van der Waals surface area contributed by atoms with Crippen molar-refractivity contribution in [1.29, 1.82) is 0 Å². The quantitative estimate of drug-likeness (QED) is 0.846. The van der Waals surface area contributed by atoms with Gasteiger partial charge in [0.15, 0.2) is 5.82 Å². The van der Waals surface area contributed by atoms with Gasteiger partial charge >= 0.3 is 0 Å². The number of nitrogens with zero attached hydrogens (tertiary/aromatic N) is 3. The molecule has 4 nitrogen and oxygen atoms in total. The third-order valence-corrected chi connectivity index (χ3v) is 4.28. The van der Waals surface area contributed by atoms with Crippen LogP contribution < -0.4 is 0 Å². The Morgan fingerprint density at radius 3 is 2.62 bits per heavy atom. The van der Waals surface area contributed by atoms with Gasteiger partial charge in [0.25, 0.3) is 0 Å². The minimum atomic E-state index is 0.479. The zero-order chi connectivity index (χ0) is 14.5. The second-order valence-corrected chi connectivity index (χ2v) is 5.88. The molecule has 112 valence electrons. The summed E-state index contributed by atoms with van der Waals surface area (Å²) in [5.41, 5.74) is 1.44. The molecule has 0 N–H and O–H groups in total. The summed E-state index contributed by atoms with van der Waals surface area (Å²) >= 11 is 0. The molecule has 0 unspecified atom stereocenters. The van der Waals surface area contributed by atoms with Crippen molar-refractivity contribution < 1.29 is 4.52 Å². The normalized spacial score (nSPS) is 17.2. The van der Waals surface area contributed by atoms with E-state index in [0.717, 1.165) is 31.8 Å². The number of benzene rings is 1. The fraction of sp³-hybridized carbons (Fsp3) is 0.529. The zero-order valence-corrected chi connectivity index (χ0v) is 12.7. The molecule has 1 aromatic heterocycles. The molecule has 21 heavy (non-hydrogen) atoms. The van der Waals surface area contributed by atoms with Crippen LogP contribution in [-0.2, 0) is 6.42 Å². The smallest absolute Gasteiger partial charge is 0.223 e. The van der Waals surface area contributed by atoms with Crippen molar-refractivity contribution in [2.24, 2.45) is 0 Å². The van der Waals surface area contributed by atoms with Crippen LogP contribution in [0.5, 0.6) is 0 Å². The maximum atomic E-state index is 5.08. The number of hydrogen-bond donors (Lipinski definition) is 0. The zero-order valence-electron chi connectivity index (χ0n) is 12.7. The summed E-state index contributed by atoms with van der Waals surface area (Å²) in [7, 11) is 0. The molecule has 0 saturated carbocycles. The molecule has 1 aliphatic rings. The minimum absolute atomic E-state index is 0.479. The summed E-state index contributed by atoms with van der Waals surface area (Å²) < 4.78 is 5.08. The maximum absolute atomic E-state index is 5.08. The molecule has 0 aliphatic carbocycles. The van der Waals surface area contributed by atoms with Gasteiger partial charge < -0.3 is 9.42 Å². The summed E-state index contributed by atoms with van der Waals surface area (Å²) in [4.78, 5) is 6.93. The van der Waals surface area contributed by atoms with E-state index in [4.69, 9.17) is 4.52 Å². The van der Waals surface area contributed by atoms with Crippen LogP contribution in [-0.4, -0.2) is 34.7 Å². The monoisotopic (exact) mass is 285 g/mol. The van der Waals surface area contributed by atoms with Crippen molar-refractivity contribution in [3.8, 4) is 0 Å². The Labute approximate surface area is 126 Å². The SMILES string of the molecule is Cc1nc(C2CCN(CCCc3ccccc3)CC2)no1.